The highest BCUT2D eigenvalue weighted by Gasteiger charge is 2.25. The van der Waals surface area contributed by atoms with Gasteiger partial charge in [0.1, 0.15) is 6.26 Å². The van der Waals surface area contributed by atoms with Crippen molar-refractivity contribution >= 4 is 27.8 Å². The highest BCUT2D eigenvalue weighted by Crippen LogP contribution is 2.22. The summed E-state index contributed by atoms with van der Waals surface area (Å²) in [4.78, 5) is 15.6. The van der Waals surface area contributed by atoms with E-state index in [2.05, 4.69) is 20.9 Å². The Morgan fingerprint density at radius 1 is 1.47 bits per heavy atom. The first-order valence-electron chi connectivity index (χ1n) is 5.10. The average Bonchev–Trinajstić information content (AvgIpc) is 2.68. The molecular weight excluding hydrogens is 286 g/mol. The van der Waals surface area contributed by atoms with E-state index in [4.69, 9.17) is 9.47 Å². The highest BCUT2D eigenvalue weighted by atomic mass is 79.9. The van der Waals surface area contributed by atoms with Crippen molar-refractivity contribution in [3.05, 3.63) is 46.3 Å². The van der Waals surface area contributed by atoms with Crippen molar-refractivity contribution in [3.63, 3.8) is 0 Å². The maximum atomic E-state index is 11.5. The molecule has 1 aromatic carbocycles. The van der Waals surface area contributed by atoms with Gasteiger partial charge in [-0.05, 0) is 35.0 Å². The Bertz CT molecular complexity index is 508. The van der Waals surface area contributed by atoms with E-state index in [9.17, 15) is 4.79 Å². The average molecular weight is 296 g/mol. The lowest BCUT2D eigenvalue weighted by atomic mass is 10.2. The van der Waals surface area contributed by atoms with Crippen LogP contribution < -0.4 is 0 Å². The van der Waals surface area contributed by atoms with Crippen molar-refractivity contribution in [1.82, 2.24) is 0 Å². The van der Waals surface area contributed by atoms with Crippen molar-refractivity contribution in [2.75, 3.05) is 6.61 Å². The molecule has 0 fully saturated rings. The summed E-state index contributed by atoms with van der Waals surface area (Å²) in [6.07, 6.45) is 1.31. The molecule has 0 unspecified atom stereocenters. The first kappa shape index (κ1) is 11.9. The first-order chi connectivity index (χ1) is 8.22. The van der Waals surface area contributed by atoms with Crippen LogP contribution in [0, 0.1) is 0 Å². The van der Waals surface area contributed by atoms with Crippen LogP contribution in [0.5, 0.6) is 0 Å². The van der Waals surface area contributed by atoms with Gasteiger partial charge in [0.2, 0.25) is 5.90 Å². The molecule has 0 atom stereocenters. The summed E-state index contributed by atoms with van der Waals surface area (Å²) in [5.41, 5.74) is 0.915. The molecule has 1 aromatic rings. The number of rotatable bonds is 3. The van der Waals surface area contributed by atoms with Crippen molar-refractivity contribution in [2.24, 2.45) is 4.99 Å². The molecule has 4 nitrogen and oxygen atoms in total. The summed E-state index contributed by atoms with van der Waals surface area (Å²) in [6, 6.07) is 7.40. The van der Waals surface area contributed by atoms with Crippen LogP contribution >= 0.6 is 15.9 Å². The first-order valence-corrected chi connectivity index (χ1v) is 5.89. The van der Waals surface area contributed by atoms with E-state index in [1.54, 1.807) is 0 Å². The molecule has 0 saturated carbocycles. The zero-order valence-corrected chi connectivity index (χ0v) is 10.7. The Kier molecular flexibility index (Phi) is 3.58. The van der Waals surface area contributed by atoms with Gasteiger partial charge >= 0.3 is 5.97 Å². The van der Waals surface area contributed by atoms with E-state index in [0.717, 1.165) is 10.0 Å². The van der Waals surface area contributed by atoms with E-state index in [-0.39, 0.29) is 11.6 Å². The molecule has 0 N–H and O–H groups in total. The van der Waals surface area contributed by atoms with Gasteiger partial charge in [-0.1, -0.05) is 12.1 Å². The van der Waals surface area contributed by atoms with Crippen LogP contribution in [0.15, 0.2) is 45.7 Å². The largest absolute Gasteiger partial charge is 0.499 e. The molecule has 0 amide bonds. The van der Waals surface area contributed by atoms with Crippen molar-refractivity contribution in [1.29, 1.82) is 0 Å². The standard InChI is InChI=1S/C12H10BrNO3/c1-2-16-7-10-12(15)17-11(14-10)8-5-3-4-6-9(8)13/h3-7H,2H2,1H3/b10-7-. The van der Waals surface area contributed by atoms with E-state index in [1.165, 1.54) is 6.26 Å². The second-order valence-electron chi connectivity index (χ2n) is 3.24. The molecule has 1 aliphatic rings. The number of hydrogen-bond donors (Lipinski definition) is 0. The number of nitrogens with zero attached hydrogens (tertiary/aromatic N) is 1. The quantitative estimate of drug-likeness (QED) is 0.489. The number of esters is 1. The lowest BCUT2D eigenvalue weighted by Crippen LogP contribution is -2.06. The van der Waals surface area contributed by atoms with Gasteiger partial charge in [-0.2, -0.15) is 0 Å². The van der Waals surface area contributed by atoms with Gasteiger partial charge in [0, 0.05) is 4.47 Å². The van der Waals surface area contributed by atoms with Gasteiger partial charge in [-0.25, -0.2) is 9.79 Å². The maximum Gasteiger partial charge on any atom is 0.367 e. The predicted molar refractivity (Wildman–Crippen MR) is 66.5 cm³/mol. The highest BCUT2D eigenvalue weighted by molar-refractivity contribution is 9.10. The minimum absolute atomic E-state index is 0.178. The van der Waals surface area contributed by atoms with Gasteiger partial charge in [0.05, 0.1) is 12.2 Å². The second kappa shape index (κ2) is 5.14. The molecule has 0 spiro atoms. The van der Waals surface area contributed by atoms with Crippen LogP contribution in [0.3, 0.4) is 0 Å². The van der Waals surface area contributed by atoms with Crippen LogP contribution in [0.4, 0.5) is 0 Å². The van der Waals surface area contributed by atoms with Gasteiger partial charge in [-0.15, -0.1) is 0 Å². The number of carbonyl (C=O) groups excluding carboxylic acids is 1. The third kappa shape index (κ3) is 2.55. The van der Waals surface area contributed by atoms with Crippen molar-refractivity contribution < 1.29 is 14.3 Å². The molecule has 2 rings (SSSR count). The Labute approximate surface area is 107 Å². The van der Waals surface area contributed by atoms with E-state index in [1.807, 2.05) is 31.2 Å². The van der Waals surface area contributed by atoms with E-state index >= 15 is 0 Å². The molecule has 5 heteroatoms. The Balaban J connectivity index is 2.30. The van der Waals surface area contributed by atoms with Crippen LogP contribution in [0.25, 0.3) is 0 Å². The molecule has 0 radical (unpaired) electrons. The van der Waals surface area contributed by atoms with Crippen LogP contribution in [0.2, 0.25) is 0 Å². The Morgan fingerprint density at radius 2 is 2.24 bits per heavy atom. The monoisotopic (exact) mass is 295 g/mol. The summed E-state index contributed by atoms with van der Waals surface area (Å²) in [5, 5.41) is 0. The molecular formula is C12H10BrNO3. The minimum atomic E-state index is -0.496. The van der Waals surface area contributed by atoms with Gasteiger partial charge in [0.25, 0.3) is 0 Å². The zero-order valence-electron chi connectivity index (χ0n) is 9.14. The Hall–Kier alpha value is -1.62. The summed E-state index contributed by atoms with van der Waals surface area (Å²) in [6.45, 7) is 2.31. The summed E-state index contributed by atoms with van der Waals surface area (Å²) < 4.78 is 10.9. The topological polar surface area (TPSA) is 47.9 Å². The van der Waals surface area contributed by atoms with E-state index in [0.29, 0.717) is 6.61 Å². The van der Waals surface area contributed by atoms with Crippen LogP contribution in [-0.2, 0) is 14.3 Å². The SMILES string of the molecule is CCO/C=C1\N=C(c2ccccc2Br)OC1=O. The lowest BCUT2D eigenvalue weighted by molar-refractivity contribution is -0.130. The fourth-order valence-electron chi connectivity index (χ4n) is 1.30. The molecule has 0 aliphatic carbocycles. The molecule has 17 heavy (non-hydrogen) atoms. The number of halogens is 1. The summed E-state index contributed by atoms with van der Waals surface area (Å²) in [5.74, 6) is -0.211. The number of aliphatic imine (C=N–C) groups is 1. The lowest BCUT2D eigenvalue weighted by Gasteiger charge is -2.01. The fourth-order valence-corrected chi connectivity index (χ4v) is 1.76. The van der Waals surface area contributed by atoms with Gasteiger partial charge in [-0.3, -0.25) is 0 Å². The molecule has 1 aliphatic heterocycles. The normalized spacial score (nSPS) is 16.9. The Morgan fingerprint density at radius 3 is 2.94 bits per heavy atom. The van der Waals surface area contributed by atoms with Gasteiger partial charge in [0.15, 0.2) is 5.70 Å². The third-order valence-corrected chi connectivity index (χ3v) is 2.78. The molecule has 0 bridgehead atoms. The molecule has 88 valence electrons. The van der Waals surface area contributed by atoms with E-state index < -0.39 is 5.97 Å². The fraction of sp³-hybridized carbons (Fsp3) is 0.167. The summed E-state index contributed by atoms with van der Waals surface area (Å²) >= 11 is 3.38. The van der Waals surface area contributed by atoms with Crippen LogP contribution in [-0.4, -0.2) is 18.5 Å². The number of hydrogen-bond acceptors (Lipinski definition) is 4. The molecule has 1 heterocycles. The molecule has 0 saturated heterocycles. The van der Waals surface area contributed by atoms with Crippen molar-refractivity contribution in [3.8, 4) is 0 Å². The maximum absolute atomic E-state index is 11.5. The smallest absolute Gasteiger partial charge is 0.367 e. The summed E-state index contributed by atoms with van der Waals surface area (Å²) in [7, 11) is 0. The number of carbonyl (C=O) groups is 1. The zero-order chi connectivity index (χ0) is 12.3. The minimum Gasteiger partial charge on any atom is -0.499 e. The van der Waals surface area contributed by atoms with Crippen LogP contribution in [0.1, 0.15) is 12.5 Å². The predicted octanol–water partition coefficient (Wildman–Crippen LogP) is 2.63. The second-order valence-corrected chi connectivity index (χ2v) is 4.10. The number of cyclic esters (lactones) is 1. The number of benzene rings is 1. The molecule has 0 aromatic heterocycles. The third-order valence-electron chi connectivity index (χ3n) is 2.09. The number of ether oxygens (including phenoxy) is 2. The van der Waals surface area contributed by atoms with Crippen molar-refractivity contribution in [2.45, 2.75) is 6.92 Å². The van der Waals surface area contributed by atoms with Gasteiger partial charge < -0.3 is 9.47 Å².